The molecule has 0 saturated carbocycles. The van der Waals surface area contributed by atoms with Crippen molar-refractivity contribution in [2.75, 3.05) is 7.11 Å². The minimum Gasteiger partial charge on any atom is -0.497 e. The van der Waals surface area contributed by atoms with E-state index >= 15 is 0 Å². The number of allylic oxidation sites excluding steroid dienone is 1. The van der Waals surface area contributed by atoms with Crippen LogP contribution in [0.4, 0.5) is 0 Å². The average molecular weight is 358 g/mol. The van der Waals surface area contributed by atoms with Crippen LogP contribution in [0.1, 0.15) is 21.5 Å². The van der Waals surface area contributed by atoms with E-state index in [2.05, 4.69) is 0 Å². The van der Waals surface area contributed by atoms with Crippen molar-refractivity contribution in [2.24, 2.45) is 0 Å². The Morgan fingerprint density at radius 1 is 0.667 bits per heavy atom. The van der Waals surface area contributed by atoms with Crippen molar-refractivity contribution >= 4 is 22.9 Å². The Kier molecular flexibility index (Phi) is 5.47. The van der Waals surface area contributed by atoms with Crippen molar-refractivity contribution in [3.8, 4) is 5.75 Å². The van der Waals surface area contributed by atoms with Crippen molar-refractivity contribution < 1.29 is 19.4 Å². The second kappa shape index (κ2) is 8.15. The number of hydrogen-bond donors (Lipinski definition) is 1. The first-order valence-corrected chi connectivity index (χ1v) is 8.39. The fraction of sp³-hybridized carbons (Fsp3) is 0.0435. The van der Waals surface area contributed by atoms with E-state index < -0.39 is 5.97 Å². The van der Waals surface area contributed by atoms with Crippen molar-refractivity contribution in [2.45, 2.75) is 0 Å². The molecule has 0 aromatic heterocycles. The Labute approximate surface area is 157 Å². The number of Topliss-reactive ketones (excluding diaryl/α,β-unsaturated/α-hetero) is 1. The summed E-state index contributed by atoms with van der Waals surface area (Å²) in [6.45, 7) is 0. The maximum absolute atomic E-state index is 13.3. The van der Waals surface area contributed by atoms with Crippen LogP contribution in [0.5, 0.6) is 5.75 Å². The smallest absolute Gasteiger partial charge is 0.337 e. The lowest BCUT2D eigenvalue weighted by atomic mass is 9.89. The predicted molar refractivity (Wildman–Crippen MR) is 105 cm³/mol. The second-order valence-electron chi connectivity index (χ2n) is 5.84. The normalized spacial score (nSPS) is 11.4. The van der Waals surface area contributed by atoms with Crippen LogP contribution in [-0.2, 0) is 4.79 Å². The fourth-order valence-corrected chi connectivity index (χ4v) is 2.86. The van der Waals surface area contributed by atoms with Gasteiger partial charge in [-0.3, -0.25) is 4.79 Å². The van der Waals surface area contributed by atoms with Crippen LogP contribution in [0.2, 0.25) is 0 Å². The Morgan fingerprint density at radius 2 is 1.15 bits per heavy atom. The molecule has 134 valence electrons. The van der Waals surface area contributed by atoms with Gasteiger partial charge in [0.05, 0.1) is 12.7 Å². The number of methoxy groups -OCH3 is 1. The Hall–Kier alpha value is -3.66. The lowest BCUT2D eigenvalue weighted by Crippen LogP contribution is -2.11. The molecule has 0 aliphatic heterocycles. The summed E-state index contributed by atoms with van der Waals surface area (Å²) in [7, 11) is 1.55. The zero-order chi connectivity index (χ0) is 19.2. The van der Waals surface area contributed by atoms with Gasteiger partial charge in [0.2, 0.25) is 0 Å². The van der Waals surface area contributed by atoms with Gasteiger partial charge in [-0.1, -0.05) is 60.7 Å². The van der Waals surface area contributed by atoms with E-state index in [1.807, 2.05) is 6.07 Å². The lowest BCUT2D eigenvalue weighted by molar-refractivity contribution is -0.130. The third-order valence-corrected chi connectivity index (χ3v) is 4.17. The first-order valence-electron chi connectivity index (χ1n) is 8.39. The number of carboxylic acids is 1. The first-order chi connectivity index (χ1) is 13.1. The number of rotatable bonds is 6. The molecule has 0 aliphatic rings. The van der Waals surface area contributed by atoms with E-state index in [9.17, 15) is 14.7 Å². The van der Waals surface area contributed by atoms with Gasteiger partial charge in [-0.05, 0) is 35.4 Å². The van der Waals surface area contributed by atoms with E-state index in [1.165, 1.54) is 0 Å². The van der Waals surface area contributed by atoms with Crippen LogP contribution in [0.3, 0.4) is 0 Å². The summed E-state index contributed by atoms with van der Waals surface area (Å²) in [5.41, 5.74) is 1.55. The summed E-state index contributed by atoms with van der Waals surface area (Å²) < 4.78 is 5.13. The van der Waals surface area contributed by atoms with Gasteiger partial charge in [-0.15, -0.1) is 0 Å². The molecule has 0 radical (unpaired) electrons. The zero-order valence-electron chi connectivity index (χ0n) is 14.8. The summed E-state index contributed by atoms with van der Waals surface area (Å²) in [5, 5.41) is 9.91. The van der Waals surface area contributed by atoms with Crippen molar-refractivity contribution in [1.82, 2.24) is 0 Å². The van der Waals surface area contributed by atoms with Gasteiger partial charge in [0.1, 0.15) is 5.75 Å². The van der Waals surface area contributed by atoms with E-state index in [4.69, 9.17) is 4.74 Å². The highest BCUT2D eigenvalue weighted by Crippen LogP contribution is 2.30. The first kappa shape index (κ1) is 18.1. The molecule has 1 N–H and O–H groups in total. The van der Waals surface area contributed by atoms with Gasteiger partial charge >= 0.3 is 5.97 Å². The minimum absolute atomic E-state index is 0.0254. The molecular formula is C23H18O4. The summed E-state index contributed by atoms with van der Waals surface area (Å²) in [6.07, 6.45) is 0. The van der Waals surface area contributed by atoms with Crippen LogP contribution < -0.4 is 4.74 Å². The number of aliphatic carboxylic acids is 1. The monoisotopic (exact) mass is 358 g/mol. The number of carbonyl (C=O) groups is 2. The van der Waals surface area contributed by atoms with Gasteiger partial charge in [-0.25, -0.2) is 4.79 Å². The molecule has 0 heterocycles. The van der Waals surface area contributed by atoms with E-state index in [0.717, 1.165) is 0 Å². The second-order valence-corrected chi connectivity index (χ2v) is 5.84. The van der Waals surface area contributed by atoms with Crippen LogP contribution in [0, 0.1) is 0 Å². The Bertz CT molecular complexity index is 972. The molecule has 0 bridgehead atoms. The third-order valence-electron chi connectivity index (χ3n) is 4.17. The quantitative estimate of drug-likeness (QED) is 0.398. The number of hydrogen-bond acceptors (Lipinski definition) is 3. The molecule has 0 amide bonds. The van der Waals surface area contributed by atoms with Gasteiger partial charge in [-0.2, -0.15) is 0 Å². The van der Waals surface area contributed by atoms with Gasteiger partial charge in [0.25, 0.3) is 0 Å². The summed E-state index contributed by atoms with van der Waals surface area (Å²) in [5.74, 6) is -0.884. The Morgan fingerprint density at radius 3 is 1.59 bits per heavy atom. The Balaban J connectivity index is 2.24. The average Bonchev–Trinajstić information content (AvgIpc) is 2.72. The van der Waals surface area contributed by atoms with Crippen LogP contribution >= 0.6 is 0 Å². The predicted octanol–water partition coefficient (Wildman–Crippen LogP) is 4.57. The van der Waals surface area contributed by atoms with Gasteiger partial charge in [0, 0.05) is 11.1 Å². The number of ether oxygens (including phenoxy) is 1. The van der Waals surface area contributed by atoms with Gasteiger partial charge < -0.3 is 9.84 Å². The highest BCUT2D eigenvalue weighted by atomic mass is 16.5. The lowest BCUT2D eigenvalue weighted by Gasteiger charge is -2.13. The molecule has 27 heavy (non-hydrogen) atoms. The number of carbonyl (C=O) groups excluding carboxylic acids is 1. The standard InChI is InChI=1S/C23H18O4/c1-27-19-14-12-18(13-15-19)22(24)20(16-8-4-2-5-9-16)21(23(25)26)17-10-6-3-7-11-17/h2-15H,1H3,(H,25,26)/b21-20-. The van der Waals surface area contributed by atoms with Gasteiger partial charge in [0.15, 0.2) is 5.78 Å². The van der Waals surface area contributed by atoms with Crippen LogP contribution in [-0.4, -0.2) is 24.0 Å². The highest BCUT2D eigenvalue weighted by molar-refractivity contribution is 6.42. The molecule has 0 unspecified atom stereocenters. The molecule has 0 fully saturated rings. The fourth-order valence-electron chi connectivity index (χ4n) is 2.86. The van der Waals surface area contributed by atoms with Crippen LogP contribution in [0.25, 0.3) is 11.1 Å². The molecule has 3 aromatic rings. The van der Waals surface area contributed by atoms with Crippen molar-refractivity contribution in [3.05, 3.63) is 102 Å². The molecule has 0 saturated heterocycles. The molecule has 0 atom stereocenters. The van der Waals surface area contributed by atoms with Crippen LogP contribution in [0.15, 0.2) is 84.9 Å². The molecule has 4 heteroatoms. The molecule has 3 rings (SSSR count). The van der Waals surface area contributed by atoms with Crippen molar-refractivity contribution in [3.63, 3.8) is 0 Å². The zero-order valence-corrected chi connectivity index (χ0v) is 14.8. The SMILES string of the molecule is COc1ccc(C(=O)/C(=C(\C(=O)O)c2ccccc2)c2ccccc2)cc1. The summed E-state index contributed by atoms with van der Waals surface area (Å²) >= 11 is 0. The van der Waals surface area contributed by atoms with E-state index in [-0.39, 0.29) is 16.9 Å². The molecule has 4 nitrogen and oxygen atoms in total. The maximum Gasteiger partial charge on any atom is 0.337 e. The van der Waals surface area contributed by atoms with E-state index in [1.54, 1.807) is 86.0 Å². The number of benzene rings is 3. The molecule has 3 aromatic carbocycles. The molecule has 0 spiro atoms. The number of ketones is 1. The molecule has 0 aliphatic carbocycles. The summed E-state index contributed by atoms with van der Waals surface area (Å²) in [6, 6.07) is 24.2. The topological polar surface area (TPSA) is 63.6 Å². The third kappa shape index (κ3) is 3.96. The van der Waals surface area contributed by atoms with Crippen molar-refractivity contribution in [1.29, 1.82) is 0 Å². The maximum atomic E-state index is 13.3. The highest BCUT2D eigenvalue weighted by Gasteiger charge is 2.24. The number of carboxylic acid groups (broad SMARTS) is 1. The van der Waals surface area contributed by atoms with E-state index in [0.29, 0.717) is 22.4 Å². The minimum atomic E-state index is -1.15. The largest absolute Gasteiger partial charge is 0.497 e. The molecular weight excluding hydrogens is 340 g/mol. The summed E-state index contributed by atoms with van der Waals surface area (Å²) in [4.78, 5) is 25.4.